The van der Waals surface area contributed by atoms with Crippen molar-refractivity contribution in [1.29, 1.82) is 0 Å². The number of nitrogens with zero attached hydrogens (tertiary/aromatic N) is 2. The maximum absolute atomic E-state index is 12.0. The second-order valence-corrected chi connectivity index (χ2v) is 5.87. The van der Waals surface area contributed by atoms with E-state index in [1.54, 1.807) is 0 Å². The van der Waals surface area contributed by atoms with Crippen LogP contribution >= 0.6 is 11.3 Å². The molecule has 1 aromatic carbocycles. The number of thiophene rings is 1. The van der Waals surface area contributed by atoms with Crippen LogP contribution < -0.4 is 5.01 Å². The highest BCUT2D eigenvalue weighted by Gasteiger charge is 2.40. The van der Waals surface area contributed by atoms with Gasteiger partial charge in [-0.15, -0.1) is 0 Å². The van der Waals surface area contributed by atoms with Crippen molar-refractivity contribution in [2.24, 2.45) is 0 Å². The summed E-state index contributed by atoms with van der Waals surface area (Å²) >= 11 is 1.50. The van der Waals surface area contributed by atoms with Gasteiger partial charge in [-0.25, -0.2) is 10.0 Å². The van der Waals surface area contributed by atoms with Crippen LogP contribution in [0.3, 0.4) is 0 Å². The minimum absolute atomic E-state index is 0.0379. The monoisotopic (exact) mass is 312 g/mol. The lowest BCUT2D eigenvalue weighted by atomic mass is 10.0. The summed E-state index contributed by atoms with van der Waals surface area (Å²) in [6.45, 7) is 1.47. The zero-order valence-corrected chi connectivity index (χ0v) is 13.0. The topological polar surface area (TPSA) is 40.6 Å². The lowest BCUT2D eigenvalue weighted by Gasteiger charge is -2.44. The summed E-state index contributed by atoms with van der Waals surface area (Å²) in [5.41, 5.74) is 1.82. The van der Waals surface area contributed by atoms with Gasteiger partial charge in [-0.05, 0) is 17.0 Å². The van der Waals surface area contributed by atoms with Crippen molar-refractivity contribution < 1.29 is 9.59 Å². The van der Waals surface area contributed by atoms with Crippen LogP contribution in [0.2, 0.25) is 0 Å². The van der Waals surface area contributed by atoms with Gasteiger partial charge in [0.15, 0.2) is 0 Å². The third kappa shape index (κ3) is 2.80. The van der Waals surface area contributed by atoms with E-state index in [1.807, 2.05) is 59.3 Å². The van der Waals surface area contributed by atoms with Crippen molar-refractivity contribution in [2.75, 3.05) is 5.01 Å². The van der Waals surface area contributed by atoms with E-state index in [0.29, 0.717) is 6.42 Å². The highest BCUT2D eigenvalue weighted by molar-refractivity contribution is 7.08. The van der Waals surface area contributed by atoms with E-state index >= 15 is 0 Å². The van der Waals surface area contributed by atoms with Crippen molar-refractivity contribution >= 4 is 34.9 Å². The molecule has 1 unspecified atom stereocenters. The first kappa shape index (κ1) is 14.5. The Kier molecular flexibility index (Phi) is 4.06. The van der Waals surface area contributed by atoms with Gasteiger partial charge in [0.2, 0.25) is 11.8 Å². The Labute approximate surface area is 133 Å². The van der Waals surface area contributed by atoms with Gasteiger partial charge in [0, 0.05) is 12.3 Å². The highest BCUT2D eigenvalue weighted by Crippen LogP contribution is 2.29. The van der Waals surface area contributed by atoms with Gasteiger partial charge in [0.25, 0.3) is 0 Å². The van der Waals surface area contributed by atoms with Gasteiger partial charge in [-0.1, -0.05) is 42.5 Å². The Hall–Kier alpha value is -2.40. The zero-order valence-electron chi connectivity index (χ0n) is 12.2. The largest absolute Gasteiger partial charge is 0.273 e. The number of amides is 2. The van der Waals surface area contributed by atoms with E-state index in [4.69, 9.17) is 0 Å². The smallest absolute Gasteiger partial charge is 0.244 e. The van der Waals surface area contributed by atoms with Crippen LogP contribution in [0.1, 0.15) is 18.9 Å². The number of hydrogen-bond donors (Lipinski definition) is 0. The molecule has 0 radical (unpaired) electrons. The quantitative estimate of drug-likeness (QED) is 0.813. The Balaban J connectivity index is 1.81. The standard InChI is InChI=1S/C17H16N2O2S/c1-13(20)18(16-9-10-22-12-16)19-15(11-17(19)21)8-7-14-5-3-2-4-6-14/h2-10,12,15H,11H2,1H3. The Morgan fingerprint density at radius 3 is 2.68 bits per heavy atom. The molecule has 2 amide bonds. The lowest BCUT2D eigenvalue weighted by Crippen LogP contribution is -2.62. The van der Waals surface area contributed by atoms with Gasteiger partial charge in [-0.2, -0.15) is 11.3 Å². The number of carbonyl (C=O) groups is 2. The molecule has 0 spiro atoms. The Morgan fingerprint density at radius 2 is 2.09 bits per heavy atom. The third-order valence-electron chi connectivity index (χ3n) is 3.53. The summed E-state index contributed by atoms with van der Waals surface area (Å²) < 4.78 is 0. The first-order valence-electron chi connectivity index (χ1n) is 7.05. The van der Waals surface area contributed by atoms with Gasteiger partial charge in [0.1, 0.15) is 0 Å². The molecule has 112 valence electrons. The first-order chi connectivity index (χ1) is 10.7. The number of rotatable bonds is 4. The average molecular weight is 312 g/mol. The van der Waals surface area contributed by atoms with E-state index in [2.05, 4.69) is 0 Å². The summed E-state index contributed by atoms with van der Waals surface area (Å²) in [7, 11) is 0. The second kappa shape index (κ2) is 6.15. The van der Waals surface area contributed by atoms with E-state index in [-0.39, 0.29) is 17.9 Å². The zero-order chi connectivity index (χ0) is 15.5. The molecule has 5 heteroatoms. The Morgan fingerprint density at radius 1 is 1.32 bits per heavy atom. The summed E-state index contributed by atoms with van der Waals surface area (Å²) in [5, 5.41) is 6.75. The molecular weight excluding hydrogens is 296 g/mol. The van der Waals surface area contributed by atoms with Crippen LogP contribution in [-0.2, 0) is 9.59 Å². The fourth-order valence-electron chi connectivity index (χ4n) is 2.46. The molecular formula is C17H16N2O2S. The molecule has 1 saturated heterocycles. The highest BCUT2D eigenvalue weighted by atomic mass is 32.1. The number of benzene rings is 1. The molecule has 0 N–H and O–H groups in total. The van der Waals surface area contributed by atoms with Crippen LogP contribution in [-0.4, -0.2) is 22.9 Å². The predicted molar refractivity (Wildman–Crippen MR) is 88.2 cm³/mol. The van der Waals surface area contributed by atoms with Crippen molar-refractivity contribution in [1.82, 2.24) is 5.01 Å². The number of hydrogen-bond acceptors (Lipinski definition) is 3. The molecule has 22 heavy (non-hydrogen) atoms. The molecule has 1 fully saturated rings. The van der Waals surface area contributed by atoms with Gasteiger partial charge < -0.3 is 0 Å². The number of hydrazine groups is 1. The van der Waals surface area contributed by atoms with Crippen molar-refractivity contribution in [2.45, 2.75) is 19.4 Å². The summed E-state index contributed by atoms with van der Waals surface area (Å²) in [6, 6.07) is 11.7. The summed E-state index contributed by atoms with van der Waals surface area (Å²) in [4.78, 5) is 23.9. The van der Waals surface area contributed by atoms with E-state index < -0.39 is 0 Å². The van der Waals surface area contributed by atoms with Crippen LogP contribution in [0.15, 0.2) is 53.2 Å². The van der Waals surface area contributed by atoms with Crippen molar-refractivity contribution in [3.63, 3.8) is 0 Å². The fraction of sp³-hybridized carbons (Fsp3) is 0.176. The van der Waals surface area contributed by atoms with Crippen LogP contribution in [0.25, 0.3) is 6.08 Å². The van der Waals surface area contributed by atoms with Crippen molar-refractivity contribution in [3.05, 3.63) is 58.8 Å². The maximum Gasteiger partial charge on any atom is 0.244 e. The minimum Gasteiger partial charge on any atom is -0.273 e. The van der Waals surface area contributed by atoms with E-state index in [1.165, 1.54) is 28.3 Å². The number of anilines is 1. The molecule has 3 rings (SSSR count). The van der Waals surface area contributed by atoms with E-state index in [9.17, 15) is 9.59 Å². The number of carbonyl (C=O) groups excluding carboxylic acids is 2. The van der Waals surface area contributed by atoms with Crippen molar-refractivity contribution in [3.8, 4) is 0 Å². The third-order valence-corrected chi connectivity index (χ3v) is 4.20. The predicted octanol–water partition coefficient (Wildman–Crippen LogP) is 3.33. The fourth-order valence-corrected chi connectivity index (χ4v) is 3.08. The molecule has 1 aliphatic heterocycles. The van der Waals surface area contributed by atoms with Crippen LogP contribution in [0.4, 0.5) is 5.69 Å². The van der Waals surface area contributed by atoms with E-state index in [0.717, 1.165) is 11.3 Å². The molecule has 2 aromatic rings. The molecule has 1 atom stereocenters. The molecule has 0 saturated carbocycles. The average Bonchev–Trinajstić information content (AvgIpc) is 3.03. The van der Waals surface area contributed by atoms with Gasteiger partial charge >= 0.3 is 0 Å². The summed E-state index contributed by atoms with van der Waals surface area (Å²) in [6.07, 6.45) is 4.38. The summed E-state index contributed by atoms with van der Waals surface area (Å²) in [5.74, 6) is -0.200. The van der Waals surface area contributed by atoms with Crippen LogP contribution in [0.5, 0.6) is 0 Å². The molecule has 0 aliphatic carbocycles. The number of β-lactam (4-membered cyclic amide) rings is 1. The Bertz CT molecular complexity index is 695. The first-order valence-corrected chi connectivity index (χ1v) is 7.99. The SMILES string of the molecule is CC(=O)N(c1ccsc1)N1C(=O)CC1C=Cc1ccccc1. The van der Waals surface area contributed by atoms with Crippen LogP contribution in [0, 0.1) is 0 Å². The van der Waals surface area contributed by atoms with Gasteiger partial charge in [0.05, 0.1) is 18.2 Å². The molecule has 1 aromatic heterocycles. The maximum atomic E-state index is 12.0. The minimum atomic E-state index is -0.162. The molecule has 2 heterocycles. The normalized spacial score (nSPS) is 17.6. The molecule has 1 aliphatic rings. The molecule has 4 nitrogen and oxygen atoms in total. The lowest BCUT2D eigenvalue weighted by molar-refractivity contribution is -0.148. The molecule has 0 bridgehead atoms. The second-order valence-electron chi connectivity index (χ2n) is 5.09. The van der Waals surface area contributed by atoms with Gasteiger partial charge in [-0.3, -0.25) is 9.59 Å².